The minimum Gasteiger partial charge on any atom is -0.494 e. The van der Waals surface area contributed by atoms with Crippen LogP contribution < -0.4 is 15.4 Å². The smallest absolute Gasteiger partial charge is 0.349 e. The van der Waals surface area contributed by atoms with Gasteiger partial charge in [0.25, 0.3) is 5.91 Å². The van der Waals surface area contributed by atoms with Crippen molar-refractivity contribution in [1.29, 1.82) is 5.26 Å². The molecule has 8 nitrogen and oxygen atoms in total. The Morgan fingerprint density at radius 2 is 1.81 bits per heavy atom. The molecule has 0 fully saturated rings. The third kappa shape index (κ3) is 7.61. The molecule has 1 rings (SSSR count). The average Bonchev–Trinajstić information content (AvgIpc) is 2.60. The van der Waals surface area contributed by atoms with E-state index in [-0.39, 0.29) is 11.6 Å². The number of urea groups is 1. The minimum atomic E-state index is -1.24. The number of nitrogens with zero attached hydrogens (tertiary/aromatic N) is 1. The summed E-state index contributed by atoms with van der Waals surface area (Å²) in [5.41, 5.74) is 0.325. The van der Waals surface area contributed by atoms with Crippen LogP contribution >= 0.6 is 0 Å². The van der Waals surface area contributed by atoms with E-state index in [4.69, 9.17) is 9.47 Å². The molecule has 0 saturated carbocycles. The summed E-state index contributed by atoms with van der Waals surface area (Å²) >= 11 is 0. The fourth-order valence-corrected chi connectivity index (χ4v) is 1.92. The van der Waals surface area contributed by atoms with Crippen molar-refractivity contribution in [2.75, 3.05) is 6.61 Å². The number of imide groups is 1. The number of carbonyl (C=O) groups is 3. The van der Waals surface area contributed by atoms with Crippen LogP contribution in [0.2, 0.25) is 0 Å². The molecule has 0 aliphatic heterocycles. The van der Waals surface area contributed by atoms with Crippen molar-refractivity contribution in [3.63, 3.8) is 0 Å². The summed E-state index contributed by atoms with van der Waals surface area (Å²) in [6, 6.07) is 7.68. The third-order valence-electron chi connectivity index (χ3n) is 3.15. The highest BCUT2D eigenvalue weighted by molar-refractivity contribution is 6.01. The second-order valence-corrected chi connectivity index (χ2v) is 5.84. The Kier molecular flexibility index (Phi) is 8.53. The second-order valence-electron chi connectivity index (χ2n) is 5.84. The number of nitriles is 1. The molecular formula is C19H23N3O5. The normalized spacial score (nSPS) is 11.9. The molecule has 8 heteroatoms. The third-order valence-corrected chi connectivity index (χ3v) is 3.15. The number of esters is 1. The largest absolute Gasteiger partial charge is 0.494 e. The number of benzene rings is 1. The number of hydrogen-bond acceptors (Lipinski definition) is 6. The monoisotopic (exact) mass is 373 g/mol. The molecule has 1 atom stereocenters. The van der Waals surface area contributed by atoms with Gasteiger partial charge in [0.2, 0.25) is 0 Å². The Hall–Kier alpha value is -3.34. The standard InChI is InChI=1S/C19H23N3O5/c1-5-26-16-8-6-14(7-9-16)10-15(11-20)18(24)27-13(4)17(23)22-19(25)21-12(2)3/h6-10,12-13H,5H2,1-4H3,(H2,21,22,23,25)/b15-10+/t13-/m1/s1. The lowest BCUT2D eigenvalue weighted by atomic mass is 10.1. The first-order valence-electron chi connectivity index (χ1n) is 8.43. The molecule has 3 amide bonds. The predicted octanol–water partition coefficient (Wildman–Crippen LogP) is 2.16. The van der Waals surface area contributed by atoms with Crippen LogP contribution in [0.15, 0.2) is 29.8 Å². The first-order valence-corrected chi connectivity index (χ1v) is 8.43. The van der Waals surface area contributed by atoms with Crippen molar-refractivity contribution >= 4 is 24.0 Å². The van der Waals surface area contributed by atoms with Gasteiger partial charge in [0.05, 0.1) is 6.61 Å². The van der Waals surface area contributed by atoms with Gasteiger partial charge in [-0.1, -0.05) is 12.1 Å². The van der Waals surface area contributed by atoms with Crippen LogP contribution in [-0.2, 0) is 14.3 Å². The van der Waals surface area contributed by atoms with E-state index in [1.54, 1.807) is 44.2 Å². The molecule has 0 spiro atoms. The van der Waals surface area contributed by atoms with E-state index < -0.39 is 24.0 Å². The van der Waals surface area contributed by atoms with Crippen molar-refractivity contribution in [1.82, 2.24) is 10.6 Å². The van der Waals surface area contributed by atoms with Gasteiger partial charge >= 0.3 is 12.0 Å². The van der Waals surface area contributed by atoms with Gasteiger partial charge in [0.1, 0.15) is 17.4 Å². The van der Waals surface area contributed by atoms with Gasteiger partial charge in [-0.3, -0.25) is 10.1 Å². The van der Waals surface area contributed by atoms with Crippen LogP contribution in [0, 0.1) is 11.3 Å². The van der Waals surface area contributed by atoms with E-state index in [2.05, 4.69) is 10.6 Å². The molecule has 27 heavy (non-hydrogen) atoms. The van der Waals surface area contributed by atoms with Crippen molar-refractivity contribution in [2.45, 2.75) is 39.8 Å². The Morgan fingerprint density at radius 1 is 1.19 bits per heavy atom. The lowest BCUT2D eigenvalue weighted by molar-refractivity contribution is -0.150. The summed E-state index contributed by atoms with van der Waals surface area (Å²) in [5, 5.41) is 13.7. The number of hydrogen-bond donors (Lipinski definition) is 2. The summed E-state index contributed by atoms with van der Waals surface area (Å²) in [6.45, 7) is 7.17. The van der Waals surface area contributed by atoms with Crippen LogP contribution in [0.3, 0.4) is 0 Å². The number of nitrogens with one attached hydrogen (secondary N) is 2. The SMILES string of the molecule is CCOc1ccc(/C=C(\C#N)C(=O)O[C@H](C)C(=O)NC(=O)NC(C)C)cc1. The van der Waals surface area contributed by atoms with Gasteiger partial charge in [-0.25, -0.2) is 9.59 Å². The molecule has 0 aliphatic rings. The Bertz CT molecular complexity index is 748. The van der Waals surface area contributed by atoms with Gasteiger partial charge in [0.15, 0.2) is 6.10 Å². The van der Waals surface area contributed by atoms with Crippen LogP contribution in [0.5, 0.6) is 5.75 Å². The van der Waals surface area contributed by atoms with Gasteiger partial charge in [-0.15, -0.1) is 0 Å². The maximum Gasteiger partial charge on any atom is 0.349 e. The number of carbonyl (C=O) groups excluding carboxylic acids is 3. The van der Waals surface area contributed by atoms with E-state index in [0.29, 0.717) is 17.9 Å². The lowest BCUT2D eigenvalue weighted by Crippen LogP contribution is -2.46. The number of rotatable bonds is 7. The maximum absolute atomic E-state index is 12.1. The number of amides is 3. The Balaban J connectivity index is 2.73. The lowest BCUT2D eigenvalue weighted by Gasteiger charge is -2.14. The topological polar surface area (TPSA) is 118 Å². The number of ether oxygens (including phenoxy) is 2. The zero-order valence-corrected chi connectivity index (χ0v) is 15.7. The molecular weight excluding hydrogens is 350 g/mol. The minimum absolute atomic E-state index is 0.155. The molecule has 0 aromatic heterocycles. The molecule has 0 radical (unpaired) electrons. The molecule has 1 aromatic rings. The Morgan fingerprint density at radius 3 is 2.33 bits per heavy atom. The summed E-state index contributed by atoms with van der Waals surface area (Å²) in [7, 11) is 0. The Labute approximate surface area is 158 Å². The van der Waals surface area contributed by atoms with Gasteiger partial charge < -0.3 is 14.8 Å². The molecule has 0 bridgehead atoms. The van der Waals surface area contributed by atoms with Gasteiger partial charge in [-0.2, -0.15) is 5.26 Å². The highest BCUT2D eigenvalue weighted by Crippen LogP contribution is 2.15. The zero-order valence-electron chi connectivity index (χ0n) is 15.7. The van der Waals surface area contributed by atoms with E-state index in [9.17, 15) is 19.6 Å². The van der Waals surface area contributed by atoms with Crippen molar-refractivity contribution < 1.29 is 23.9 Å². The van der Waals surface area contributed by atoms with Crippen LogP contribution in [-0.4, -0.2) is 36.7 Å². The second kappa shape index (κ2) is 10.6. The average molecular weight is 373 g/mol. The molecule has 0 heterocycles. The zero-order chi connectivity index (χ0) is 20.4. The molecule has 2 N–H and O–H groups in total. The molecule has 144 valence electrons. The van der Waals surface area contributed by atoms with Crippen LogP contribution in [0.4, 0.5) is 4.79 Å². The summed E-state index contributed by atoms with van der Waals surface area (Å²) in [5.74, 6) is -1.08. The van der Waals surface area contributed by atoms with E-state index in [1.807, 2.05) is 6.92 Å². The van der Waals surface area contributed by atoms with Gasteiger partial charge in [-0.05, 0) is 51.5 Å². The van der Waals surface area contributed by atoms with Gasteiger partial charge in [0, 0.05) is 6.04 Å². The van der Waals surface area contributed by atoms with E-state index in [0.717, 1.165) is 0 Å². The van der Waals surface area contributed by atoms with Crippen molar-refractivity contribution in [2.24, 2.45) is 0 Å². The first-order chi connectivity index (χ1) is 12.8. The highest BCUT2D eigenvalue weighted by Gasteiger charge is 2.22. The maximum atomic E-state index is 12.1. The fourth-order valence-electron chi connectivity index (χ4n) is 1.92. The summed E-state index contributed by atoms with van der Waals surface area (Å²) in [6.07, 6.45) is 0.0984. The summed E-state index contributed by atoms with van der Waals surface area (Å²) < 4.78 is 10.3. The predicted molar refractivity (Wildman–Crippen MR) is 98.6 cm³/mol. The van der Waals surface area contributed by atoms with Crippen LogP contribution in [0.25, 0.3) is 6.08 Å². The van der Waals surface area contributed by atoms with Crippen molar-refractivity contribution in [3.05, 3.63) is 35.4 Å². The molecule has 0 aliphatic carbocycles. The molecule has 0 unspecified atom stereocenters. The summed E-state index contributed by atoms with van der Waals surface area (Å²) in [4.78, 5) is 35.5. The fraction of sp³-hybridized carbons (Fsp3) is 0.368. The van der Waals surface area contributed by atoms with E-state index in [1.165, 1.54) is 13.0 Å². The quantitative estimate of drug-likeness (QED) is 0.430. The van der Waals surface area contributed by atoms with Crippen molar-refractivity contribution in [3.8, 4) is 11.8 Å². The molecule has 1 aromatic carbocycles. The first kappa shape index (κ1) is 21.7. The van der Waals surface area contributed by atoms with E-state index >= 15 is 0 Å². The molecule has 0 saturated heterocycles. The van der Waals surface area contributed by atoms with Crippen LogP contribution in [0.1, 0.15) is 33.3 Å². The highest BCUT2D eigenvalue weighted by atomic mass is 16.5.